The molecule has 10 heteroatoms. The van der Waals surface area contributed by atoms with E-state index in [2.05, 4.69) is 14.1 Å². The second-order valence-electron chi connectivity index (χ2n) is 7.13. The van der Waals surface area contributed by atoms with Crippen molar-refractivity contribution in [3.05, 3.63) is 18.2 Å². The number of hydrogen-bond acceptors (Lipinski definition) is 7. The minimum Gasteiger partial charge on any atom is -0.394 e. The fraction of sp³-hybridized carbons (Fsp3) is 0.588. The van der Waals surface area contributed by atoms with Crippen LogP contribution in [0.2, 0.25) is 0 Å². The van der Waals surface area contributed by atoms with Crippen LogP contribution >= 0.6 is 11.7 Å². The number of piperidine rings is 1. The third-order valence-corrected chi connectivity index (χ3v) is 7.39. The Labute approximate surface area is 163 Å². The Morgan fingerprint density at radius 3 is 2.89 bits per heavy atom. The number of fused-ring (bicyclic) bond motifs is 1. The van der Waals surface area contributed by atoms with E-state index >= 15 is 0 Å². The highest BCUT2D eigenvalue weighted by Crippen LogP contribution is 2.28. The fourth-order valence-corrected chi connectivity index (χ4v) is 5.50. The van der Waals surface area contributed by atoms with E-state index in [4.69, 9.17) is 0 Å². The van der Waals surface area contributed by atoms with Crippen LogP contribution < -0.4 is 5.32 Å². The molecule has 1 aliphatic heterocycles. The highest BCUT2D eigenvalue weighted by molar-refractivity contribution is 7.89. The number of aliphatic hydroxyl groups excluding tert-OH is 1. The lowest BCUT2D eigenvalue weighted by Crippen LogP contribution is -2.49. The van der Waals surface area contributed by atoms with Crippen molar-refractivity contribution in [1.29, 1.82) is 0 Å². The van der Waals surface area contributed by atoms with Crippen molar-refractivity contribution in [3.8, 4) is 0 Å². The summed E-state index contributed by atoms with van der Waals surface area (Å²) in [6, 6.07) is 4.58. The van der Waals surface area contributed by atoms with Gasteiger partial charge in [-0.05, 0) is 30.9 Å². The maximum atomic E-state index is 13.1. The smallest absolute Gasteiger partial charge is 0.245 e. The van der Waals surface area contributed by atoms with Crippen LogP contribution in [0.1, 0.15) is 26.7 Å². The number of nitrogens with one attached hydrogen (secondary N) is 1. The number of carbonyl (C=O) groups excluding carboxylic acids is 1. The zero-order valence-electron chi connectivity index (χ0n) is 15.3. The van der Waals surface area contributed by atoms with Crippen molar-refractivity contribution in [3.63, 3.8) is 0 Å². The Morgan fingerprint density at radius 1 is 1.41 bits per heavy atom. The lowest BCUT2D eigenvalue weighted by molar-refractivity contribution is -0.127. The molecule has 0 bridgehead atoms. The minimum atomic E-state index is -3.77. The first-order valence-electron chi connectivity index (χ1n) is 8.97. The first kappa shape index (κ1) is 20.1. The van der Waals surface area contributed by atoms with E-state index < -0.39 is 15.9 Å². The lowest BCUT2D eigenvalue weighted by atomic mass is 9.97. The second kappa shape index (κ2) is 8.17. The maximum Gasteiger partial charge on any atom is 0.245 e. The van der Waals surface area contributed by atoms with Crippen LogP contribution in [-0.2, 0) is 14.8 Å². The van der Waals surface area contributed by atoms with Gasteiger partial charge in [-0.25, -0.2) is 8.42 Å². The van der Waals surface area contributed by atoms with Crippen molar-refractivity contribution in [2.45, 2.75) is 37.6 Å². The fourth-order valence-electron chi connectivity index (χ4n) is 3.23. The van der Waals surface area contributed by atoms with Gasteiger partial charge in [-0.2, -0.15) is 13.1 Å². The lowest BCUT2D eigenvalue weighted by Gasteiger charge is -2.32. The summed E-state index contributed by atoms with van der Waals surface area (Å²) in [5.41, 5.74) is 0.921. The van der Waals surface area contributed by atoms with Crippen LogP contribution in [0.5, 0.6) is 0 Å². The normalized spacial score (nSPS) is 20.1. The van der Waals surface area contributed by atoms with Gasteiger partial charge in [0.15, 0.2) is 0 Å². The van der Waals surface area contributed by atoms with E-state index in [1.165, 1.54) is 10.4 Å². The highest BCUT2D eigenvalue weighted by Gasteiger charge is 2.35. The van der Waals surface area contributed by atoms with Crippen LogP contribution in [0, 0.1) is 11.8 Å². The van der Waals surface area contributed by atoms with E-state index in [0.29, 0.717) is 30.4 Å². The van der Waals surface area contributed by atoms with E-state index in [0.717, 1.165) is 11.7 Å². The summed E-state index contributed by atoms with van der Waals surface area (Å²) in [7, 11) is -3.77. The van der Waals surface area contributed by atoms with Crippen LogP contribution in [0.25, 0.3) is 11.0 Å². The van der Waals surface area contributed by atoms with E-state index in [1.807, 2.05) is 13.8 Å². The number of rotatable bonds is 6. The number of amides is 1. The molecule has 1 aliphatic rings. The molecule has 148 valence electrons. The molecule has 2 heterocycles. The number of carbonyl (C=O) groups is 1. The quantitative estimate of drug-likeness (QED) is 0.738. The highest BCUT2D eigenvalue weighted by atomic mass is 32.2. The third kappa shape index (κ3) is 4.13. The number of nitrogens with zero attached hydrogens (tertiary/aromatic N) is 3. The molecule has 27 heavy (non-hydrogen) atoms. The minimum absolute atomic E-state index is 0.0946. The van der Waals surface area contributed by atoms with Gasteiger partial charge in [0.05, 0.1) is 30.3 Å². The zero-order chi connectivity index (χ0) is 19.6. The van der Waals surface area contributed by atoms with Crippen molar-refractivity contribution in [1.82, 2.24) is 18.4 Å². The summed E-state index contributed by atoms with van der Waals surface area (Å²) >= 11 is 0.976. The van der Waals surface area contributed by atoms with Crippen LogP contribution in [0.4, 0.5) is 0 Å². The van der Waals surface area contributed by atoms with E-state index in [1.54, 1.807) is 12.1 Å². The molecule has 0 aliphatic carbocycles. The zero-order valence-corrected chi connectivity index (χ0v) is 17.0. The molecular weight excluding hydrogens is 388 g/mol. The Bertz CT molecular complexity index is 913. The number of hydrogen-bond donors (Lipinski definition) is 2. The Hall–Kier alpha value is -1.62. The number of aromatic nitrogens is 2. The number of benzene rings is 1. The molecule has 1 fully saturated rings. The van der Waals surface area contributed by atoms with Gasteiger partial charge in [-0.1, -0.05) is 19.9 Å². The molecule has 2 N–H and O–H groups in total. The van der Waals surface area contributed by atoms with Crippen molar-refractivity contribution < 1.29 is 18.3 Å². The van der Waals surface area contributed by atoms with Gasteiger partial charge in [-0.3, -0.25) is 4.79 Å². The molecule has 1 aromatic carbocycles. The van der Waals surface area contributed by atoms with Crippen LogP contribution in [0.15, 0.2) is 23.1 Å². The summed E-state index contributed by atoms with van der Waals surface area (Å²) in [5.74, 6) is -0.553. The van der Waals surface area contributed by atoms with Gasteiger partial charge >= 0.3 is 0 Å². The summed E-state index contributed by atoms with van der Waals surface area (Å²) in [6.07, 6.45) is 1.23. The SMILES string of the molecule is CC(C)[C@@H](CO)NC(=O)[C@H]1CCCN(S(=O)(=O)c2cccc3nsnc23)C1. The second-order valence-corrected chi connectivity index (χ2v) is 9.57. The van der Waals surface area contributed by atoms with Gasteiger partial charge in [0.25, 0.3) is 0 Å². The summed E-state index contributed by atoms with van der Waals surface area (Å²) in [6.45, 7) is 4.19. The first-order chi connectivity index (χ1) is 12.8. The van der Waals surface area contributed by atoms with Crippen molar-refractivity contribution in [2.24, 2.45) is 11.8 Å². The molecule has 3 rings (SSSR count). The molecule has 0 saturated carbocycles. The topological polar surface area (TPSA) is 112 Å². The van der Waals surface area contributed by atoms with Gasteiger partial charge < -0.3 is 10.4 Å². The summed E-state index contributed by atoms with van der Waals surface area (Å²) in [5, 5.41) is 12.3. The van der Waals surface area contributed by atoms with Gasteiger partial charge in [0.1, 0.15) is 15.9 Å². The molecule has 0 spiro atoms. The third-order valence-electron chi connectivity index (χ3n) is 4.95. The molecular formula is C17H24N4O4S2. The summed E-state index contributed by atoms with van der Waals surface area (Å²) < 4.78 is 35.9. The molecule has 2 aromatic rings. The number of aliphatic hydroxyl groups is 1. The molecule has 1 amide bonds. The maximum absolute atomic E-state index is 13.1. The Kier molecular flexibility index (Phi) is 6.09. The first-order valence-corrected chi connectivity index (χ1v) is 11.1. The van der Waals surface area contributed by atoms with Crippen molar-refractivity contribution >= 4 is 38.7 Å². The average Bonchev–Trinajstić information content (AvgIpc) is 3.14. The van der Waals surface area contributed by atoms with Crippen LogP contribution in [0.3, 0.4) is 0 Å². The largest absolute Gasteiger partial charge is 0.394 e. The predicted molar refractivity (Wildman–Crippen MR) is 103 cm³/mol. The average molecular weight is 413 g/mol. The van der Waals surface area contributed by atoms with E-state index in [-0.39, 0.29) is 35.9 Å². The summed E-state index contributed by atoms with van der Waals surface area (Å²) in [4.78, 5) is 12.7. The van der Waals surface area contributed by atoms with Crippen LogP contribution in [-0.4, -0.2) is 58.2 Å². The van der Waals surface area contributed by atoms with Crippen molar-refractivity contribution in [2.75, 3.05) is 19.7 Å². The standard InChI is InChI=1S/C17H24N4O4S2/c1-11(2)14(10-22)18-17(23)12-5-4-8-21(9-12)27(24,25)15-7-3-6-13-16(15)20-26-19-13/h3,6-7,11-12,14,22H,4-5,8-10H2,1-2H3,(H,18,23)/t12-,14+/m0/s1. The molecule has 0 unspecified atom stereocenters. The van der Waals surface area contributed by atoms with Gasteiger partial charge in [0.2, 0.25) is 15.9 Å². The predicted octanol–water partition coefficient (Wildman–Crippen LogP) is 1.23. The monoisotopic (exact) mass is 412 g/mol. The number of sulfonamides is 1. The molecule has 0 radical (unpaired) electrons. The molecule has 2 atom stereocenters. The van der Waals surface area contributed by atoms with Gasteiger partial charge in [0, 0.05) is 13.1 Å². The Morgan fingerprint density at radius 2 is 2.19 bits per heavy atom. The Balaban J connectivity index is 1.79. The molecule has 1 saturated heterocycles. The van der Waals surface area contributed by atoms with Gasteiger partial charge in [-0.15, -0.1) is 0 Å². The molecule has 8 nitrogen and oxygen atoms in total. The molecule has 1 aromatic heterocycles. The van der Waals surface area contributed by atoms with E-state index in [9.17, 15) is 18.3 Å².